The van der Waals surface area contributed by atoms with Crippen molar-refractivity contribution in [1.82, 2.24) is 10.6 Å². The second-order valence-corrected chi connectivity index (χ2v) is 5.99. The number of hydrogen-bond acceptors (Lipinski definition) is 3. The molecule has 2 aromatic carbocycles. The normalized spacial score (nSPS) is 12.3. The van der Waals surface area contributed by atoms with Crippen LogP contribution >= 0.6 is 0 Å². The van der Waals surface area contributed by atoms with Gasteiger partial charge in [-0.05, 0) is 29.3 Å². The molecule has 5 nitrogen and oxygen atoms in total. The summed E-state index contributed by atoms with van der Waals surface area (Å²) in [4.78, 5) is 23.5. The van der Waals surface area contributed by atoms with Crippen molar-refractivity contribution in [2.75, 3.05) is 13.1 Å². The van der Waals surface area contributed by atoms with E-state index in [9.17, 15) is 32.3 Å². The highest BCUT2D eigenvalue weighted by atomic mass is 19.4. The van der Waals surface area contributed by atoms with Crippen LogP contribution in [0, 0.1) is 5.82 Å². The minimum atomic E-state index is -4.63. The van der Waals surface area contributed by atoms with E-state index < -0.39 is 48.6 Å². The van der Waals surface area contributed by atoms with E-state index in [1.165, 1.54) is 30.3 Å². The number of halogens is 4. The summed E-state index contributed by atoms with van der Waals surface area (Å²) in [5.41, 5.74) is -0.914. The first-order chi connectivity index (χ1) is 13.2. The molecule has 0 radical (unpaired) electrons. The molecule has 150 valence electrons. The fourth-order valence-electron chi connectivity index (χ4n) is 2.50. The SMILES string of the molecule is O=C(CNC(=O)Cc1cccc(F)c1)NCC(O)c1ccccc1C(F)(F)F. The summed E-state index contributed by atoms with van der Waals surface area (Å²) < 4.78 is 51.9. The van der Waals surface area contributed by atoms with Crippen molar-refractivity contribution >= 4 is 11.8 Å². The number of benzene rings is 2. The van der Waals surface area contributed by atoms with Gasteiger partial charge in [0.25, 0.3) is 0 Å². The fourth-order valence-corrected chi connectivity index (χ4v) is 2.50. The van der Waals surface area contributed by atoms with Crippen LogP contribution in [0.15, 0.2) is 48.5 Å². The highest BCUT2D eigenvalue weighted by Crippen LogP contribution is 2.34. The Labute approximate surface area is 158 Å². The van der Waals surface area contributed by atoms with Crippen molar-refractivity contribution in [2.24, 2.45) is 0 Å². The lowest BCUT2D eigenvalue weighted by molar-refractivity contribution is -0.139. The van der Waals surface area contributed by atoms with Crippen LogP contribution < -0.4 is 10.6 Å². The Morgan fingerprint density at radius 3 is 2.39 bits per heavy atom. The molecule has 2 amide bonds. The molecule has 0 spiro atoms. The molecule has 0 fully saturated rings. The van der Waals surface area contributed by atoms with Gasteiger partial charge in [0.1, 0.15) is 5.82 Å². The van der Waals surface area contributed by atoms with Gasteiger partial charge in [-0.2, -0.15) is 13.2 Å². The number of alkyl halides is 3. The lowest BCUT2D eigenvalue weighted by Gasteiger charge is -2.18. The number of rotatable bonds is 7. The number of aliphatic hydroxyl groups is 1. The van der Waals surface area contributed by atoms with Crippen LogP contribution in [-0.2, 0) is 22.2 Å². The van der Waals surface area contributed by atoms with Crippen LogP contribution in [0.3, 0.4) is 0 Å². The lowest BCUT2D eigenvalue weighted by atomic mass is 10.0. The van der Waals surface area contributed by atoms with E-state index in [0.717, 1.165) is 12.1 Å². The highest BCUT2D eigenvalue weighted by Gasteiger charge is 2.34. The fraction of sp³-hybridized carbons (Fsp3) is 0.263. The third kappa shape index (κ3) is 6.34. The Morgan fingerprint density at radius 1 is 1.00 bits per heavy atom. The van der Waals surface area contributed by atoms with E-state index >= 15 is 0 Å². The Hall–Kier alpha value is -2.94. The first-order valence-corrected chi connectivity index (χ1v) is 8.29. The summed E-state index contributed by atoms with van der Waals surface area (Å²) in [6.45, 7) is -0.881. The molecule has 0 bridgehead atoms. The molecule has 1 atom stereocenters. The summed E-state index contributed by atoms with van der Waals surface area (Å²) in [6, 6.07) is 9.94. The number of hydrogen-bond donors (Lipinski definition) is 3. The van der Waals surface area contributed by atoms with Gasteiger partial charge in [0.05, 0.1) is 24.6 Å². The van der Waals surface area contributed by atoms with Gasteiger partial charge < -0.3 is 15.7 Å². The van der Waals surface area contributed by atoms with Gasteiger partial charge in [0, 0.05) is 6.54 Å². The predicted octanol–water partition coefficient (Wildman–Crippen LogP) is 2.35. The summed E-state index contributed by atoms with van der Waals surface area (Å²) in [6.07, 6.45) is -6.33. The molecule has 0 aliphatic carbocycles. The maximum Gasteiger partial charge on any atom is 0.416 e. The third-order valence-corrected chi connectivity index (χ3v) is 3.82. The second-order valence-electron chi connectivity index (χ2n) is 5.99. The van der Waals surface area contributed by atoms with Gasteiger partial charge in [-0.25, -0.2) is 4.39 Å². The summed E-state index contributed by atoms with van der Waals surface area (Å²) in [7, 11) is 0. The first-order valence-electron chi connectivity index (χ1n) is 8.29. The maximum atomic E-state index is 13.1. The largest absolute Gasteiger partial charge is 0.416 e. The second kappa shape index (κ2) is 9.32. The van der Waals surface area contributed by atoms with Crippen molar-refractivity contribution < 1.29 is 32.3 Å². The molecule has 0 aliphatic heterocycles. The Kier molecular flexibility index (Phi) is 7.11. The monoisotopic (exact) mass is 398 g/mol. The standard InChI is InChI=1S/C19H18F4N2O3/c20-13-5-3-4-12(8-13)9-17(27)25-11-18(28)24-10-16(26)14-6-1-2-7-15(14)19(21,22)23/h1-8,16,26H,9-11H2,(H,24,28)(H,25,27). The number of nitrogens with one attached hydrogen (secondary N) is 2. The zero-order valence-corrected chi connectivity index (χ0v) is 14.6. The van der Waals surface area contributed by atoms with Crippen molar-refractivity contribution in [3.05, 3.63) is 71.0 Å². The molecule has 1 unspecified atom stereocenters. The molecule has 0 saturated heterocycles. The molecule has 2 rings (SSSR count). The average molecular weight is 398 g/mol. The quantitative estimate of drug-likeness (QED) is 0.627. The van der Waals surface area contributed by atoms with Crippen LogP contribution in [0.1, 0.15) is 22.8 Å². The number of carbonyl (C=O) groups is 2. The number of aliphatic hydroxyl groups excluding tert-OH is 1. The smallest absolute Gasteiger partial charge is 0.387 e. The van der Waals surface area contributed by atoms with Gasteiger partial charge in [-0.15, -0.1) is 0 Å². The van der Waals surface area contributed by atoms with E-state index in [2.05, 4.69) is 10.6 Å². The summed E-state index contributed by atoms with van der Waals surface area (Å²) in [5.74, 6) is -1.70. The number of carbonyl (C=O) groups excluding carboxylic acids is 2. The van der Waals surface area contributed by atoms with E-state index in [4.69, 9.17) is 0 Å². The van der Waals surface area contributed by atoms with Crippen molar-refractivity contribution in [1.29, 1.82) is 0 Å². The summed E-state index contributed by atoms with van der Waals surface area (Å²) >= 11 is 0. The Morgan fingerprint density at radius 2 is 1.71 bits per heavy atom. The van der Waals surface area contributed by atoms with E-state index in [1.54, 1.807) is 6.07 Å². The zero-order chi connectivity index (χ0) is 20.7. The minimum absolute atomic E-state index is 0.132. The molecule has 0 aromatic heterocycles. The van der Waals surface area contributed by atoms with E-state index in [-0.39, 0.29) is 12.0 Å². The van der Waals surface area contributed by atoms with Gasteiger partial charge >= 0.3 is 6.18 Å². The van der Waals surface area contributed by atoms with E-state index in [1.807, 2.05) is 0 Å². The maximum absolute atomic E-state index is 13.1. The Balaban J connectivity index is 1.82. The van der Waals surface area contributed by atoms with Crippen LogP contribution in [0.5, 0.6) is 0 Å². The third-order valence-electron chi connectivity index (χ3n) is 3.82. The molecular formula is C19H18F4N2O3. The summed E-state index contributed by atoms with van der Waals surface area (Å²) in [5, 5.41) is 14.5. The molecule has 9 heteroatoms. The molecule has 0 saturated carbocycles. The molecule has 3 N–H and O–H groups in total. The van der Waals surface area contributed by atoms with Gasteiger partial charge in [-0.3, -0.25) is 9.59 Å². The first kappa shape index (κ1) is 21.4. The van der Waals surface area contributed by atoms with Crippen LogP contribution in [-0.4, -0.2) is 30.0 Å². The topological polar surface area (TPSA) is 78.4 Å². The van der Waals surface area contributed by atoms with E-state index in [0.29, 0.717) is 5.56 Å². The highest BCUT2D eigenvalue weighted by molar-refractivity contribution is 5.85. The molecule has 0 heterocycles. The molecule has 28 heavy (non-hydrogen) atoms. The van der Waals surface area contributed by atoms with Gasteiger partial charge in [-0.1, -0.05) is 30.3 Å². The van der Waals surface area contributed by atoms with Gasteiger partial charge in [0.2, 0.25) is 11.8 Å². The minimum Gasteiger partial charge on any atom is -0.387 e. The Bertz CT molecular complexity index is 840. The average Bonchev–Trinajstić information content (AvgIpc) is 2.63. The molecule has 0 aliphatic rings. The van der Waals surface area contributed by atoms with Crippen molar-refractivity contribution in [3.63, 3.8) is 0 Å². The van der Waals surface area contributed by atoms with Crippen molar-refractivity contribution in [3.8, 4) is 0 Å². The van der Waals surface area contributed by atoms with Crippen LogP contribution in [0.2, 0.25) is 0 Å². The van der Waals surface area contributed by atoms with Crippen LogP contribution in [0.25, 0.3) is 0 Å². The van der Waals surface area contributed by atoms with Gasteiger partial charge in [0.15, 0.2) is 0 Å². The molecular weight excluding hydrogens is 380 g/mol. The van der Waals surface area contributed by atoms with Crippen LogP contribution in [0.4, 0.5) is 17.6 Å². The van der Waals surface area contributed by atoms with Crippen molar-refractivity contribution in [2.45, 2.75) is 18.7 Å². The zero-order valence-electron chi connectivity index (χ0n) is 14.6. The molecule has 2 aromatic rings. The predicted molar refractivity (Wildman–Crippen MR) is 92.5 cm³/mol. The lowest BCUT2D eigenvalue weighted by Crippen LogP contribution is -2.39. The number of amides is 2.